The normalized spacial score (nSPS) is 11.0. The third kappa shape index (κ3) is 2.78. The lowest BCUT2D eigenvalue weighted by molar-refractivity contribution is 0.630. The van der Waals surface area contributed by atoms with Gasteiger partial charge in [0, 0.05) is 17.3 Å². The molecule has 8 nitrogen and oxygen atoms in total. The number of tetrazole rings is 1. The third-order valence-electron chi connectivity index (χ3n) is 3.81. The van der Waals surface area contributed by atoms with E-state index in [1.54, 1.807) is 17.9 Å². The van der Waals surface area contributed by atoms with E-state index in [2.05, 4.69) is 30.5 Å². The maximum Gasteiger partial charge on any atom is 0.204 e. The highest BCUT2D eigenvalue weighted by atomic mass is 15.6. The van der Waals surface area contributed by atoms with Crippen molar-refractivity contribution in [2.75, 3.05) is 0 Å². The number of hydrogen-bond donors (Lipinski definition) is 0. The van der Waals surface area contributed by atoms with E-state index in [-0.39, 0.29) is 0 Å². The van der Waals surface area contributed by atoms with E-state index in [9.17, 15) is 0 Å². The lowest BCUT2D eigenvalue weighted by atomic mass is 10.1. The maximum absolute atomic E-state index is 4.57. The second-order valence-corrected chi connectivity index (χ2v) is 5.72. The summed E-state index contributed by atoms with van der Waals surface area (Å²) in [6.45, 7) is 3.88. The van der Waals surface area contributed by atoms with Crippen LogP contribution in [0.4, 0.5) is 0 Å². The van der Waals surface area contributed by atoms with Crippen LogP contribution in [0.25, 0.3) is 28.6 Å². The summed E-state index contributed by atoms with van der Waals surface area (Å²) >= 11 is 0. The predicted molar refractivity (Wildman–Crippen MR) is 91.9 cm³/mol. The predicted octanol–water partition coefficient (Wildman–Crippen LogP) is 2.14. The largest absolute Gasteiger partial charge is 0.237 e. The standard InChI is InChI=1S/C17H16N8/c1-11-5-4-10-18-16(11)25-17(19-12(2)21-25)14-8-6-13(7-9-14)15-20-23-24(3)22-15/h4-10H,1-3H3. The zero-order chi connectivity index (χ0) is 17.4. The van der Waals surface area contributed by atoms with Crippen LogP contribution in [0.3, 0.4) is 0 Å². The van der Waals surface area contributed by atoms with Gasteiger partial charge in [-0.15, -0.1) is 15.3 Å². The van der Waals surface area contributed by atoms with E-state index in [1.165, 1.54) is 4.80 Å². The first-order valence-corrected chi connectivity index (χ1v) is 7.82. The fraction of sp³-hybridized carbons (Fsp3) is 0.176. The molecule has 0 aliphatic heterocycles. The zero-order valence-electron chi connectivity index (χ0n) is 14.1. The summed E-state index contributed by atoms with van der Waals surface area (Å²) in [6, 6.07) is 11.8. The average molecular weight is 332 g/mol. The molecule has 0 N–H and O–H groups in total. The van der Waals surface area contributed by atoms with Crippen molar-refractivity contribution in [2.45, 2.75) is 13.8 Å². The van der Waals surface area contributed by atoms with Crippen LogP contribution >= 0.6 is 0 Å². The van der Waals surface area contributed by atoms with Gasteiger partial charge in [0.15, 0.2) is 11.6 Å². The first-order valence-electron chi connectivity index (χ1n) is 7.82. The fourth-order valence-corrected chi connectivity index (χ4v) is 2.62. The molecule has 0 aliphatic rings. The van der Waals surface area contributed by atoms with Gasteiger partial charge >= 0.3 is 0 Å². The Kier molecular flexibility index (Phi) is 3.57. The van der Waals surface area contributed by atoms with Crippen LogP contribution in [-0.4, -0.2) is 40.0 Å². The highest BCUT2D eigenvalue weighted by molar-refractivity contribution is 5.64. The average Bonchev–Trinajstić information content (AvgIpc) is 3.21. The van der Waals surface area contributed by atoms with Crippen LogP contribution in [0.1, 0.15) is 11.4 Å². The van der Waals surface area contributed by atoms with Crippen molar-refractivity contribution in [3.05, 3.63) is 54.0 Å². The SMILES string of the molecule is Cc1nc(-c2ccc(-c3nnn(C)n3)cc2)n(-c2ncccc2C)n1. The minimum absolute atomic E-state index is 0.590. The van der Waals surface area contributed by atoms with Crippen LogP contribution in [0.2, 0.25) is 0 Å². The number of aromatic nitrogens is 8. The van der Waals surface area contributed by atoms with E-state index in [0.29, 0.717) is 11.6 Å². The molecule has 0 spiro atoms. The lowest BCUT2D eigenvalue weighted by Crippen LogP contribution is -2.04. The highest BCUT2D eigenvalue weighted by Crippen LogP contribution is 2.24. The summed E-state index contributed by atoms with van der Waals surface area (Å²) < 4.78 is 1.78. The van der Waals surface area contributed by atoms with Crippen molar-refractivity contribution < 1.29 is 0 Å². The van der Waals surface area contributed by atoms with Gasteiger partial charge in [0.1, 0.15) is 5.82 Å². The molecule has 0 saturated heterocycles. The topological polar surface area (TPSA) is 87.2 Å². The Morgan fingerprint density at radius 2 is 1.68 bits per heavy atom. The Balaban J connectivity index is 1.77. The first-order chi connectivity index (χ1) is 12.1. The van der Waals surface area contributed by atoms with Gasteiger partial charge in [-0.05, 0) is 30.7 Å². The molecule has 3 aromatic heterocycles. The van der Waals surface area contributed by atoms with E-state index < -0.39 is 0 Å². The number of aryl methyl sites for hydroxylation is 3. The Bertz CT molecular complexity index is 1030. The van der Waals surface area contributed by atoms with Gasteiger partial charge in [0.05, 0.1) is 7.05 Å². The minimum atomic E-state index is 0.590. The van der Waals surface area contributed by atoms with E-state index in [4.69, 9.17) is 0 Å². The van der Waals surface area contributed by atoms with Crippen LogP contribution in [-0.2, 0) is 7.05 Å². The van der Waals surface area contributed by atoms with E-state index >= 15 is 0 Å². The van der Waals surface area contributed by atoms with Crippen LogP contribution in [0.5, 0.6) is 0 Å². The Labute approximate surface area is 144 Å². The molecule has 0 fully saturated rings. The molecule has 0 amide bonds. The van der Waals surface area contributed by atoms with Gasteiger partial charge in [-0.25, -0.2) is 9.97 Å². The molecule has 4 aromatic rings. The summed E-state index contributed by atoms with van der Waals surface area (Å²) in [5.74, 6) is 2.81. The summed E-state index contributed by atoms with van der Waals surface area (Å²) in [5, 5.41) is 16.6. The van der Waals surface area contributed by atoms with Gasteiger partial charge < -0.3 is 0 Å². The van der Waals surface area contributed by atoms with Gasteiger partial charge in [-0.1, -0.05) is 30.3 Å². The van der Waals surface area contributed by atoms with Crippen molar-refractivity contribution >= 4 is 0 Å². The van der Waals surface area contributed by atoms with Crippen LogP contribution < -0.4 is 0 Å². The molecule has 0 radical (unpaired) electrons. The molecule has 0 unspecified atom stereocenters. The summed E-state index contributed by atoms with van der Waals surface area (Å²) in [7, 11) is 1.74. The third-order valence-corrected chi connectivity index (χ3v) is 3.81. The van der Waals surface area contributed by atoms with Gasteiger partial charge in [-0.2, -0.15) is 9.48 Å². The minimum Gasteiger partial charge on any atom is -0.237 e. The molecular formula is C17H16N8. The smallest absolute Gasteiger partial charge is 0.204 e. The monoisotopic (exact) mass is 332 g/mol. The van der Waals surface area contributed by atoms with Crippen molar-refractivity contribution in [3.8, 4) is 28.6 Å². The van der Waals surface area contributed by atoms with Crippen molar-refractivity contribution in [1.29, 1.82) is 0 Å². The second kappa shape index (κ2) is 5.90. The maximum atomic E-state index is 4.57. The van der Waals surface area contributed by atoms with E-state index in [1.807, 2.05) is 50.2 Å². The Morgan fingerprint density at radius 3 is 2.36 bits per heavy atom. The molecule has 0 aliphatic carbocycles. The summed E-state index contributed by atoms with van der Waals surface area (Å²) in [4.78, 5) is 10.5. The quantitative estimate of drug-likeness (QED) is 0.571. The van der Waals surface area contributed by atoms with Gasteiger partial charge in [-0.3, -0.25) is 0 Å². The Morgan fingerprint density at radius 1 is 0.920 bits per heavy atom. The number of nitrogens with zero attached hydrogens (tertiary/aromatic N) is 8. The highest BCUT2D eigenvalue weighted by Gasteiger charge is 2.14. The number of rotatable bonds is 3. The molecule has 124 valence electrons. The van der Waals surface area contributed by atoms with Crippen molar-refractivity contribution in [3.63, 3.8) is 0 Å². The van der Waals surface area contributed by atoms with Crippen molar-refractivity contribution in [1.82, 2.24) is 40.0 Å². The molecule has 0 atom stereocenters. The second-order valence-electron chi connectivity index (χ2n) is 5.72. The first kappa shape index (κ1) is 15.1. The number of pyridine rings is 1. The molecule has 0 bridgehead atoms. The molecular weight excluding hydrogens is 316 g/mol. The lowest BCUT2D eigenvalue weighted by Gasteiger charge is -2.07. The number of hydrogen-bond acceptors (Lipinski definition) is 6. The van der Waals surface area contributed by atoms with Crippen molar-refractivity contribution in [2.24, 2.45) is 7.05 Å². The Hall–Kier alpha value is -3.42. The summed E-state index contributed by atoms with van der Waals surface area (Å²) in [5.41, 5.74) is 2.88. The molecule has 8 heteroatoms. The van der Waals surface area contributed by atoms with Gasteiger partial charge in [0.2, 0.25) is 5.82 Å². The molecule has 3 heterocycles. The zero-order valence-corrected chi connectivity index (χ0v) is 14.1. The number of benzene rings is 1. The molecule has 4 rings (SSSR count). The fourth-order valence-electron chi connectivity index (χ4n) is 2.62. The van der Waals surface area contributed by atoms with Crippen LogP contribution in [0.15, 0.2) is 42.6 Å². The molecule has 1 aromatic carbocycles. The van der Waals surface area contributed by atoms with E-state index in [0.717, 1.165) is 28.3 Å². The molecule has 25 heavy (non-hydrogen) atoms. The van der Waals surface area contributed by atoms with Gasteiger partial charge in [0.25, 0.3) is 0 Å². The van der Waals surface area contributed by atoms with Crippen LogP contribution in [0, 0.1) is 13.8 Å². The summed E-state index contributed by atoms with van der Waals surface area (Å²) in [6.07, 6.45) is 1.76. The molecule has 0 saturated carbocycles.